The molecule has 2 aliphatic heterocycles. The van der Waals surface area contributed by atoms with Crippen LogP contribution in [-0.4, -0.2) is 36.3 Å². The number of hydrogen-bond donors (Lipinski definition) is 1. The lowest BCUT2D eigenvalue weighted by atomic mass is 10.1. The molecule has 0 radical (unpaired) electrons. The van der Waals surface area contributed by atoms with E-state index in [2.05, 4.69) is 51.6 Å². The minimum Gasteiger partial charge on any atom is -0.373 e. The molecule has 6 bridgehead atoms. The molecule has 5 rings (SSSR count). The number of anilines is 3. The minimum absolute atomic E-state index is 0.554. The maximum atomic E-state index is 6.00. The number of nitrogens with one attached hydrogen (secondary N) is 1. The van der Waals surface area contributed by atoms with Gasteiger partial charge in [0, 0.05) is 41.8 Å². The number of rotatable bonds is 1. The van der Waals surface area contributed by atoms with E-state index in [9.17, 15) is 0 Å². The van der Waals surface area contributed by atoms with Gasteiger partial charge in [-0.25, -0.2) is 9.97 Å². The predicted molar refractivity (Wildman–Crippen MR) is 132 cm³/mol. The van der Waals surface area contributed by atoms with Crippen LogP contribution in [0, 0.1) is 0 Å². The molecule has 3 aromatic rings. The van der Waals surface area contributed by atoms with E-state index < -0.39 is 0 Å². The third-order valence-corrected chi connectivity index (χ3v) is 6.03. The van der Waals surface area contributed by atoms with Crippen molar-refractivity contribution in [3.05, 3.63) is 78.0 Å². The Bertz CT molecular complexity index is 1110. The standard InChI is InChI=1S/C27H30N4O2/c1-2-13-31(14-3-1)26-10-9-24-18-23(26)20-33-16-5-4-15-32-19-21-7-6-8-22(17-21)25-11-12-28-27(29-24)30-25/h4-12,17-18H,1-3,13-16,19-20H2,(H,28,29,30)/b5-4+. The summed E-state index contributed by atoms with van der Waals surface area (Å²) in [4.78, 5) is 11.7. The molecule has 1 N–H and O–H groups in total. The predicted octanol–water partition coefficient (Wildman–Crippen LogP) is 5.48. The van der Waals surface area contributed by atoms with Crippen LogP contribution in [0.5, 0.6) is 0 Å². The highest BCUT2D eigenvalue weighted by Crippen LogP contribution is 2.29. The summed E-state index contributed by atoms with van der Waals surface area (Å²) in [5.74, 6) is 0.579. The first kappa shape index (κ1) is 21.6. The zero-order chi connectivity index (χ0) is 22.3. The number of hydrogen-bond acceptors (Lipinski definition) is 6. The smallest absolute Gasteiger partial charge is 0.227 e. The Kier molecular flexibility index (Phi) is 6.94. The lowest BCUT2D eigenvalue weighted by Crippen LogP contribution is -2.30. The SMILES string of the molecule is C1=C/COCc2cc(ccc2N2CCCCC2)Nc2nccc(n2)-c2cccc(c2)COC/1. The highest BCUT2D eigenvalue weighted by atomic mass is 16.5. The second kappa shape index (κ2) is 10.6. The Morgan fingerprint density at radius 1 is 0.848 bits per heavy atom. The number of fused-ring (bicyclic) bond motifs is 7. The summed E-state index contributed by atoms with van der Waals surface area (Å²) in [6.45, 7) is 4.42. The lowest BCUT2D eigenvalue weighted by Gasteiger charge is -2.31. The van der Waals surface area contributed by atoms with E-state index >= 15 is 0 Å². The van der Waals surface area contributed by atoms with E-state index in [0.29, 0.717) is 32.4 Å². The summed E-state index contributed by atoms with van der Waals surface area (Å²) in [7, 11) is 0. The van der Waals surface area contributed by atoms with Crippen LogP contribution in [0.4, 0.5) is 17.3 Å². The van der Waals surface area contributed by atoms with Crippen LogP contribution in [0.25, 0.3) is 11.3 Å². The Hall–Kier alpha value is -3.22. The molecule has 0 unspecified atom stereocenters. The maximum Gasteiger partial charge on any atom is 0.227 e. The summed E-state index contributed by atoms with van der Waals surface area (Å²) in [5, 5.41) is 3.39. The van der Waals surface area contributed by atoms with Crippen LogP contribution in [0.3, 0.4) is 0 Å². The topological polar surface area (TPSA) is 59.5 Å². The molecule has 2 aromatic carbocycles. The summed E-state index contributed by atoms with van der Waals surface area (Å²) >= 11 is 0. The van der Waals surface area contributed by atoms with E-state index in [1.165, 1.54) is 30.5 Å². The molecule has 1 aromatic heterocycles. The number of ether oxygens (including phenoxy) is 2. The van der Waals surface area contributed by atoms with E-state index in [0.717, 1.165) is 35.6 Å². The second-order valence-corrected chi connectivity index (χ2v) is 8.48. The molecule has 6 heteroatoms. The van der Waals surface area contributed by atoms with Crippen LogP contribution in [0.2, 0.25) is 0 Å². The molecule has 6 nitrogen and oxygen atoms in total. The fourth-order valence-corrected chi connectivity index (χ4v) is 4.37. The van der Waals surface area contributed by atoms with Crippen LogP contribution in [0.15, 0.2) is 66.9 Å². The van der Waals surface area contributed by atoms with Crippen LogP contribution in [0.1, 0.15) is 30.4 Å². The Labute approximate surface area is 195 Å². The van der Waals surface area contributed by atoms with E-state index in [-0.39, 0.29) is 0 Å². The van der Waals surface area contributed by atoms with Crippen molar-refractivity contribution in [1.82, 2.24) is 9.97 Å². The van der Waals surface area contributed by atoms with Crippen molar-refractivity contribution in [2.24, 2.45) is 0 Å². The molecule has 33 heavy (non-hydrogen) atoms. The largest absolute Gasteiger partial charge is 0.373 e. The van der Waals surface area contributed by atoms with Crippen molar-refractivity contribution < 1.29 is 9.47 Å². The highest BCUT2D eigenvalue weighted by molar-refractivity contribution is 5.66. The second-order valence-electron chi connectivity index (χ2n) is 8.48. The van der Waals surface area contributed by atoms with Gasteiger partial charge in [-0.1, -0.05) is 30.4 Å². The first-order valence-corrected chi connectivity index (χ1v) is 11.7. The van der Waals surface area contributed by atoms with Gasteiger partial charge in [-0.3, -0.25) is 0 Å². The molecule has 0 saturated carbocycles. The van der Waals surface area contributed by atoms with Gasteiger partial charge in [0.25, 0.3) is 0 Å². The lowest BCUT2D eigenvalue weighted by molar-refractivity contribution is 0.140. The van der Waals surface area contributed by atoms with Crippen molar-refractivity contribution in [2.45, 2.75) is 32.5 Å². The average molecular weight is 443 g/mol. The molecule has 2 aliphatic rings. The van der Waals surface area contributed by atoms with Gasteiger partial charge in [-0.05, 0) is 55.2 Å². The van der Waals surface area contributed by atoms with E-state index in [1.807, 2.05) is 24.3 Å². The quantitative estimate of drug-likeness (QED) is 0.504. The summed E-state index contributed by atoms with van der Waals surface area (Å²) in [6.07, 6.45) is 9.64. The molecule has 0 spiro atoms. The molecular weight excluding hydrogens is 412 g/mol. The molecule has 0 atom stereocenters. The van der Waals surface area contributed by atoms with Gasteiger partial charge in [-0.2, -0.15) is 0 Å². The Balaban J connectivity index is 1.47. The Morgan fingerprint density at radius 2 is 1.70 bits per heavy atom. The summed E-state index contributed by atoms with van der Waals surface area (Å²) < 4.78 is 11.8. The normalized spacial score (nSPS) is 18.0. The summed E-state index contributed by atoms with van der Waals surface area (Å²) in [6, 6.07) is 16.7. The number of benzene rings is 2. The van der Waals surface area contributed by atoms with Gasteiger partial charge in [0.1, 0.15) is 0 Å². The number of piperidine rings is 1. The fourth-order valence-electron chi connectivity index (χ4n) is 4.37. The van der Waals surface area contributed by atoms with E-state index in [1.54, 1.807) is 6.20 Å². The van der Waals surface area contributed by atoms with Crippen molar-refractivity contribution in [3.8, 4) is 11.3 Å². The third kappa shape index (κ3) is 5.59. The first-order chi connectivity index (χ1) is 16.3. The molecule has 3 heterocycles. The van der Waals surface area contributed by atoms with Crippen LogP contribution >= 0.6 is 0 Å². The zero-order valence-electron chi connectivity index (χ0n) is 18.9. The zero-order valence-corrected chi connectivity index (χ0v) is 18.9. The molecule has 0 aliphatic carbocycles. The highest BCUT2D eigenvalue weighted by Gasteiger charge is 2.15. The first-order valence-electron chi connectivity index (χ1n) is 11.7. The Morgan fingerprint density at radius 3 is 2.58 bits per heavy atom. The van der Waals surface area contributed by atoms with Gasteiger partial charge in [0.05, 0.1) is 32.1 Å². The van der Waals surface area contributed by atoms with Crippen LogP contribution < -0.4 is 10.2 Å². The van der Waals surface area contributed by atoms with Crippen molar-refractivity contribution in [1.29, 1.82) is 0 Å². The fraction of sp³-hybridized carbons (Fsp3) is 0.333. The van der Waals surface area contributed by atoms with Gasteiger partial charge in [-0.15, -0.1) is 0 Å². The molecule has 1 fully saturated rings. The maximum absolute atomic E-state index is 6.00. The van der Waals surface area contributed by atoms with Gasteiger partial charge in [0.15, 0.2) is 0 Å². The molecular formula is C27H30N4O2. The van der Waals surface area contributed by atoms with Crippen molar-refractivity contribution in [2.75, 3.05) is 36.5 Å². The van der Waals surface area contributed by atoms with Crippen LogP contribution in [-0.2, 0) is 22.7 Å². The summed E-state index contributed by atoms with van der Waals surface area (Å²) in [5.41, 5.74) is 6.44. The van der Waals surface area contributed by atoms with Crippen molar-refractivity contribution >= 4 is 17.3 Å². The number of nitrogens with zero attached hydrogens (tertiary/aromatic N) is 3. The molecule has 1 saturated heterocycles. The van der Waals surface area contributed by atoms with Gasteiger partial charge >= 0.3 is 0 Å². The average Bonchev–Trinajstić information content (AvgIpc) is 2.86. The van der Waals surface area contributed by atoms with E-state index in [4.69, 9.17) is 14.5 Å². The molecule has 0 amide bonds. The third-order valence-electron chi connectivity index (χ3n) is 6.03. The monoisotopic (exact) mass is 442 g/mol. The van der Waals surface area contributed by atoms with Gasteiger partial charge in [0.2, 0.25) is 5.95 Å². The number of aromatic nitrogens is 2. The van der Waals surface area contributed by atoms with Crippen molar-refractivity contribution in [3.63, 3.8) is 0 Å². The molecule has 170 valence electrons. The minimum atomic E-state index is 0.554. The van der Waals surface area contributed by atoms with Gasteiger partial charge < -0.3 is 19.7 Å².